The lowest BCUT2D eigenvalue weighted by molar-refractivity contribution is 0.133. The van der Waals surface area contributed by atoms with E-state index in [-0.39, 0.29) is 24.0 Å². The van der Waals surface area contributed by atoms with Gasteiger partial charge in [-0.2, -0.15) is 0 Å². The third kappa shape index (κ3) is 10.3. The zero-order valence-corrected chi connectivity index (χ0v) is 18.8. The summed E-state index contributed by atoms with van der Waals surface area (Å²) in [6.07, 6.45) is 3.11. The normalized spacial score (nSPS) is 11.0. The fraction of sp³-hybridized carbons (Fsp3) is 0.409. The van der Waals surface area contributed by atoms with Crippen molar-refractivity contribution in [2.45, 2.75) is 25.8 Å². The molecule has 0 fully saturated rings. The van der Waals surface area contributed by atoms with Crippen molar-refractivity contribution in [1.82, 2.24) is 10.2 Å². The van der Waals surface area contributed by atoms with Gasteiger partial charge in [0, 0.05) is 27.2 Å². The number of benzene rings is 2. The fourth-order valence-electron chi connectivity index (χ4n) is 2.57. The van der Waals surface area contributed by atoms with Crippen molar-refractivity contribution in [2.24, 2.45) is 4.99 Å². The second kappa shape index (κ2) is 14.5. The van der Waals surface area contributed by atoms with Crippen LogP contribution in [0, 0.1) is 0 Å². The van der Waals surface area contributed by atoms with Crippen LogP contribution in [-0.4, -0.2) is 44.7 Å². The van der Waals surface area contributed by atoms with Crippen molar-refractivity contribution in [3.63, 3.8) is 0 Å². The van der Waals surface area contributed by atoms with Crippen molar-refractivity contribution >= 4 is 29.9 Å². The van der Waals surface area contributed by atoms with Crippen LogP contribution in [0.25, 0.3) is 0 Å². The Morgan fingerprint density at radius 2 is 1.52 bits per heavy atom. The molecule has 2 rings (SSSR count). The van der Waals surface area contributed by atoms with E-state index in [1.165, 1.54) is 11.1 Å². The molecule has 0 unspecified atom stereocenters. The summed E-state index contributed by atoms with van der Waals surface area (Å²) in [5, 5.41) is 3.43. The van der Waals surface area contributed by atoms with Crippen LogP contribution in [0.2, 0.25) is 0 Å². The van der Waals surface area contributed by atoms with Gasteiger partial charge in [0.25, 0.3) is 0 Å². The van der Waals surface area contributed by atoms with E-state index in [0.29, 0.717) is 6.54 Å². The van der Waals surface area contributed by atoms with Crippen molar-refractivity contribution in [3.05, 3.63) is 71.8 Å². The van der Waals surface area contributed by atoms with Crippen LogP contribution in [0.5, 0.6) is 0 Å². The van der Waals surface area contributed by atoms with Gasteiger partial charge in [-0.3, -0.25) is 0 Å². The molecule has 0 spiro atoms. The zero-order valence-electron chi connectivity index (χ0n) is 16.4. The van der Waals surface area contributed by atoms with Crippen LogP contribution < -0.4 is 5.32 Å². The van der Waals surface area contributed by atoms with E-state index in [2.05, 4.69) is 46.7 Å². The summed E-state index contributed by atoms with van der Waals surface area (Å²) in [4.78, 5) is 6.70. The molecule has 0 aliphatic heterocycles. The lowest BCUT2D eigenvalue weighted by Gasteiger charge is -2.17. The molecule has 0 radical (unpaired) electrons. The van der Waals surface area contributed by atoms with Gasteiger partial charge < -0.3 is 15.0 Å². The van der Waals surface area contributed by atoms with Crippen molar-refractivity contribution in [1.29, 1.82) is 0 Å². The number of rotatable bonds is 10. The van der Waals surface area contributed by atoms with Crippen LogP contribution in [0.15, 0.2) is 65.7 Å². The Labute approximate surface area is 181 Å². The van der Waals surface area contributed by atoms with Gasteiger partial charge in [0.05, 0.1) is 13.2 Å². The standard InChI is InChI=1S/C22H31N3O.HI/c1-25(2)22(24-19-21-13-7-4-8-14-21)23-16-9-10-17-26-18-15-20-11-5-3-6-12-20;/h3-8,11-14H,9-10,15-19H2,1-2H3,(H,23,24);1H. The molecule has 1 N–H and O–H groups in total. The summed E-state index contributed by atoms with van der Waals surface area (Å²) in [5.41, 5.74) is 2.56. The lowest BCUT2D eigenvalue weighted by Crippen LogP contribution is -2.37. The number of halogens is 1. The van der Waals surface area contributed by atoms with Gasteiger partial charge >= 0.3 is 0 Å². The summed E-state index contributed by atoms with van der Waals surface area (Å²) in [6.45, 7) is 3.21. The van der Waals surface area contributed by atoms with Gasteiger partial charge in [-0.15, -0.1) is 24.0 Å². The smallest absolute Gasteiger partial charge is 0.193 e. The van der Waals surface area contributed by atoms with Crippen molar-refractivity contribution < 1.29 is 4.74 Å². The third-order valence-electron chi connectivity index (χ3n) is 4.05. The highest BCUT2D eigenvalue weighted by atomic mass is 127. The summed E-state index contributed by atoms with van der Waals surface area (Å²) in [5.74, 6) is 0.929. The van der Waals surface area contributed by atoms with Crippen LogP contribution in [0.3, 0.4) is 0 Å². The first-order valence-electron chi connectivity index (χ1n) is 9.37. The molecular weight excluding hydrogens is 449 g/mol. The highest BCUT2D eigenvalue weighted by Crippen LogP contribution is 2.01. The molecule has 4 nitrogen and oxygen atoms in total. The van der Waals surface area contributed by atoms with Gasteiger partial charge in [0.2, 0.25) is 0 Å². The Morgan fingerprint density at radius 3 is 2.15 bits per heavy atom. The lowest BCUT2D eigenvalue weighted by atomic mass is 10.2. The molecule has 2 aromatic carbocycles. The Morgan fingerprint density at radius 1 is 0.889 bits per heavy atom. The van der Waals surface area contributed by atoms with Gasteiger partial charge in [-0.05, 0) is 30.4 Å². The van der Waals surface area contributed by atoms with E-state index >= 15 is 0 Å². The van der Waals surface area contributed by atoms with E-state index < -0.39 is 0 Å². The topological polar surface area (TPSA) is 36.9 Å². The van der Waals surface area contributed by atoms with Gasteiger partial charge in [-0.25, -0.2) is 4.99 Å². The molecule has 0 aliphatic rings. The average molecular weight is 481 g/mol. The number of hydrogen-bond donors (Lipinski definition) is 1. The maximum atomic E-state index is 5.73. The summed E-state index contributed by atoms with van der Waals surface area (Å²) >= 11 is 0. The van der Waals surface area contributed by atoms with E-state index in [0.717, 1.165) is 45.0 Å². The minimum absolute atomic E-state index is 0. The Balaban J connectivity index is 0.00000364. The molecule has 5 heteroatoms. The summed E-state index contributed by atoms with van der Waals surface area (Å²) in [7, 11) is 4.03. The molecular formula is C22H32IN3O. The summed E-state index contributed by atoms with van der Waals surface area (Å²) < 4.78 is 5.73. The molecule has 148 valence electrons. The molecule has 27 heavy (non-hydrogen) atoms. The number of hydrogen-bond acceptors (Lipinski definition) is 2. The monoisotopic (exact) mass is 481 g/mol. The summed E-state index contributed by atoms with van der Waals surface area (Å²) in [6, 6.07) is 20.8. The predicted molar refractivity (Wildman–Crippen MR) is 125 cm³/mol. The molecule has 0 heterocycles. The SMILES string of the molecule is CN(C)C(=NCc1ccccc1)NCCCCOCCc1ccccc1.I. The second-order valence-corrected chi connectivity index (χ2v) is 6.50. The number of nitrogens with one attached hydrogen (secondary N) is 1. The Hall–Kier alpha value is -1.60. The highest BCUT2D eigenvalue weighted by Gasteiger charge is 2.01. The molecule has 0 aromatic heterocycles. The van der Waals surface area contributed by atoms with Crippen LogP contribution in [0.1, 0.15) is 24.0 Å². The van der Waals surface area contributed by atoms with Gasteiger partial charge in [0.1, 0.15) is 0 Å². The number of guanidine groups is 1. The number of unbranched alkanes of at least 4 members (excludes halogenated alkanes) is 1. The van der Waals surface area contributed by atoms with Crippen LogP contribution in [-0.2, 0) is 17.7 Å². The number of nitrogens with zero attached hydrogens (tertiary/aromatic N) is 2. The number of ether oxygens (including phenoxy) is 1. The Kier molecular flexibility index (Phi) is 12.6. The van der Waals surface area contributed by atoms with Crippen molar-refractivity contribution in [3.8, 4) is 0 Å². The predicted octanol–water partition coefficient (Wildman–Crippen LogP) is 4.35. The van der Waals surface area contributed by atoms with E-state index in [9.17, 15) is 0 Å². The van der Waals surface area contributed by atoms with Gasteiger partial charge in [-0.1, -0.05) is 60.7 Å². The van der Waals surface area contributed by atoms with Crippen LogP contribution in [0.4, 0.5) is 0 Å². The van der Waals surface area contributed by atoms with E-state index in [1.807, 2.05) is 43.3 Å². The minimum atomic E-state index is 0. The van der Waals surface area contributed by atoms with E-state index in [1.54, 1.807) is 0 Å². The van der Waals surface area contributed by atoms with E-state index in [4.69, 9.17) is 4.74 Å². The molecule has 0 aliphatic carbocycles. The molecule has 0 atom stereocenters. The average Bonchev–Trinajstić information content (AvgIpc) is 2.67. The van der Waals surface area contributed by atoms with Crippen LogP contribution >= 0.6 is 24.0 Å². The quantitative estimate of drug-likeness (QED) is 0.237. The zero-order chi connectivity index (χ0) is 18.5. The largest absolute Gasteiger partial charge is 0.381 e. The first-order valence-corrected chi connectivity index (χ1v) is 9.37. The first-order chi connectivity index (χ1) is 12.8. The highest BCUT2D eigenvalue weighted by molar-refractivity contribution is 14.0. The van der Waals surface area contributed by atoms with Gasteiger partial charge in [0.15, 0.2) is 5.96 Å². The molecule has 0 saturated carbocycles. The maximum absolute atomic E-state index is 5.73. The maximum Gasteiger partial charge on any atom is 0.193 e. The second-order valence-electron chi connectivity index (χ2n) is 6.50. The first kappa shape index (κ1) is 23.4. The molecule has 2 aromatic rings. The van der Waals surface area contributed by atoms with Crippen molar-refractivity contribution in [2.75, 3.05) is 33.9 Å². The molecule has 0 bridgehead atoms. The molecule has 0 saturated heterocycles. The number of aliphatic imine (C=N–C) groups is 1. The minimum Gasteiger partial charge on any atom is -0.381 e. The molecule has 0 amide bonds. The third-order valence-corrected chi connectivity index (χ3v) is 4.05. The fourth-order valence-corrected chi connectivity index (χ4v) is 2.57. The Bertz CT molecular complexity index is 633.